The van der Waals surface area contributed by atoms with E-state index in [1.807, 2.05) is 47.4 Å². The van der Waals surface area contributed by atoms with Gasteiger partial charge in [0.1, 0.15) is 0 Å². The maximum Gasteiger partial charge on any atom is 0.412 e. The van der Waals surface area contributed by atoms with E-state index in [1.165, 1.54) is 0 Å². The fourth-order valence-corrected chi connectivity index (χ4v) is 6.35. The minimum Gasteiger partial charge on any atom is -0.433 e. The molecule has 1 aliphatic heterocycles. The lowest BCUT2D eigenvalue weighted by molar-refractivity contribution is -0.160. The molecule has 0 aromatic heterocycles. The number of nitrogens with one attached hydrogen (secondary N) is 2. The molecule has 2 N–H and O–H groups in total. The molecule has 5 rings (SSSR count). The van der Waals surface area contributed by atoms with Crippen molar-refractivity contribution in [1.82, 2.24) is 10.2 Å². The molecule has 2 aromatic carbocycles. The van der Waals surface area contributed by atoms with E-state index in [0.717, 1.165) is 68.8 Å². The van der Waals surface area contributed by atoms with Gasteiger partial charge in [-0.25, -0.2) is 4.79 Å². The second-order valence-electron chi connectivity index (χ2n) is 10.6. The summed E-state index contributed by atoms with van der Waals surface area (Å²) in [5.74, 6) is -0.0824. The van der Waals surface area contributed by atoms with E-state index in [-0.39, 0.29) is 23.9 Å². The van der Waals surface area contributed by atoms with Crippen molar-refractivity contribution in [2.24, 2.45) is 5.92 Å². The highest BCUT2D eigenvalue weighted by Gasteiger charge is 2.49. The predicted molar refractivity (Wildman–Crippen MR) is 139 cm³/mol. The van der Waals surface area contributed by atoms with Crippen LogP contribution in [0.5, 0.6) is 0 Å². The van der Waals surface area contributed by atoms with Crippen molar-refractivity contribution < 1.29 is 14.3 Å². The molecule has 1 saturated heterocycles. The molecule has 0 bridgehead atoms. The molecule has 1 heterocycles. The van der Waals surface area contributed by atoms with Crippen LogP contribution in [0.2, 0.25) is 0 Å². The van der Waals surface area contributed by atoms with Crippen molar-refractivity contribution in [1.29, 1.82) is 5.26 Å². The van der Waals surface area contributed by atoms with E-state index in [1.54, 1.807) is 0 Å². The Morgan fingerprint density at radius 3 is 2.56 bits per heavy atom. The Morgan fingerprint density at radius 1 is 1.00 bits per heavy atom. The molecule has 3 aliphatic rings. The lowest BCUT2D eigenvalue weighted by Crippen LogP contribution is -2.60. The van der Waals surface area contributed by atoms with Gasteiger partial charge in [-0.05, 0) is 80.8 Å². The fourth-order valence-electron chi connectivity index (χ4n) is 6.35. The average molecular weight is 489 g/mol. The van der Waals surface area contributed by atoms with Gasteiger partial charge in [0.25, 0.3) is 5.91 Å². The van der Waals surface area contributed by atoms with Crippen molar-refractivity contribution >= 4 is 28.5 Å². The summed E-state index contributed by atoms with van der Waals surface area (Å²) in [7, 11) is 0. The molecule has 2 aliphatic carbocycles. The summed E-state index contributed by atoms with van der Waals surface area (Å²) in [6.07, 6.45) is 7.60. The number of carbonyl (C=O) groups is 2. The van der Waals surface area contributed by atoms with E-state index in [9.17, 15) is 14.9 Å². The molecular formula is C29H36N4O3. The summed E-state index contributed by atoms with van der Waals surface area (Å²) in [5, 5.41) is 18.0. The van der Waals surface area contributed by atoms with Gasteiger partial charge < -0.3 is 15.0 Å². The van der Waals surface area contributed by atoms with Gasteiger partial charge in [0.05, 0.1) is 6.07 Å². The maximum atomic E-state index is 14.4. The van der Waals surface area contributed by atoms with Crippen LogP contribution in [0.25, 0.3) is 10.8 Å². The summed E-state index contributed by atoms with van der Waals surface area (Å²) in [4.78, 5) is 29.6. The quantitative estimate of drug-likeness (QED) is 0.591. The standard InChI is InChI=1S/C29H36N4O3/c30-19-21-7-6-10-25(17-21)33(26-13-16-31-20-26)27(34)29(14-4-1-5-15-29)36-28(35)32-24-12-11-22-8-2-3-9-23(22)18-24/h2-3,8-9,11-12,18,21,25-26,31H,1,4-7,10,13-17,20H2,(H,32,35). The van der Waals surface area contributed by atoms with Crippen LogP contribution in [0.1, 0.15) is 64.2 Å². The van der Waals surface area contributed by atoms with Gasteiger partial charge in [0.2, 0.25) is 0 Å². The first-order valence-electron chi connectivity index (χ1n) is 13.5. The Morgan fingerprint density at radius 2 is 1.81 bits per heavy atom. The van der Waals surface area contributed by atoms with Gasteiger partial charge in [-0.2, -0.15) is 5.26 Å². The minimum absolute atomic E-state index is 0.0201. The molecule has 36 heavy (non-hydrogen) atoms. The highest BCUT2D eigenvalue weighted by molar-refractivity contribution is 5.94. The van der Waals surface area contributed by atoms with Gasteiger partial charge in [-0.1, -0.05) is 43.2 Å². The zero-order chi connectivity index (χ0) is 25.0. The molecule has 190 valence electrons. The largest absolute Gasteiger partial charge is 0.433 e. The van der Waals surface area contributed by atoms with E-state index < -0.39 is 11.7 Å². The number of hydrogen-bond acceptors (Lipinski definition) is 5. The third kappa shape index (κ3) is 5.19. The van der Waals surface area contributed by atoms with Gasteiger partial charge in [-0.3, -0.25) is 10.1 Å². The average Bonchev–Trinajstić information content (AvgIpc) is 3.44. The van der Waals surface area contributed by atoms with Crippen molar-refractivity contribution in [3.05, 3.63) is 42.5 Å². The van der Waals surface area contributed by atoms with Crippen LogP contribution < -0.4 is 10.6 Å². The molecule has 7 heteroatoms. The number of rotatable bonds is 5. The molecular weight excluding hydrogens is 452 g/mol. The number of anilines is 1. The molecule has 3 unspecified atom stereocenters. The van der Waals surface area contributed by atoms with Crippen LogP contribution in [0, 0.1) is 17.2 Å². The molecule has 7 nitrogen and oxygen atoms in total. The third-order valence-electron chi connectivity index (χ3n) is 8.22. The number of nitriles is 1. The Bertz CT molecular complexity index is 1130. The van der Waals surface area contributed by atoms with E-state index in [4.69, 9.17) is 4.74 Å². The lowest BCUT2D eigenvalue weighted by atomic mass is 9.80. The normalized spacial score (nSPS) is 25.6. The lowest BCUT2D eigenvalue weighted by Gasteiger charge is -2.45. The number of fused-ring (bicyclic) bond motifs is 1. The highest BCUT2D eigenvalue weighted by Crippen LogP contribution is 2.38. The van der Waals surface area contributed by atoms with Crippen molar-refractivity contribution in [2.75, 3.05) is 18.4 Å². The maximum absolute atomic E-state index is 14.4. The molecule has 3 fully saturated rings. The first-order valence-corrected chi connectivity index (χ1v) is 13.5. The molecule has 2 amide bonds. The van der Waals surface area contributed by atoms with Crippen LogP contribution in [0.3, 0.4) is 0 Å². The van der Waals surface area contributed by atoms with E-state index in [2.05, 4.69) is 16.7 Å². The molecule has 3 atom stereocenters. The first-order chi connectivity index (χ1) is 17.6. The molecule has 2 aromatic rings. The van der Waals surface area contributed by atoms with Crippen LogP contribution in [-0.2, 0) is 9.53 Å². The third-order valence-corrected chi connectivity index (χ3v) is 8.22. The van der Waals surface area contributed by atoms with Gasteiger partial charge in [0, 0.05) is 30.2 Å². The van der Waals surface area contributed by atoms with Crippen LogP contribution in [0.15, 0.2) is 42.5 Å². The molecule has 0 spiro atoms. The van der Waals surface area contributed by atoms with Gasteiger partial charge in [0.15, 0.2) is 5.60 Å². The Hall–Kier alpha value is -3.11. The Kier molecular flexibility index (Phi) is 7.43. The number of nitrogens with zero attached hydrogens (tertiary/aromatic N) is 2. The first kappa shape index (κ1) is 24.6. The Labute approximate surface area is 213 Å². The number of ether oxygens (including phenoxy) is 1. The summed E-state index contributed by atoms with van der Waals surface area (Å²) in [6.45, 7) is 1.62. The van der Waals surface area contributed by atoms with Crippen LogP contribution in [-0.4, -0.2) is 47.7 Å². The van der Waals surface area contributed by atoms with E-state index in [0.29, 0.717) is 24.9 Å². The zero-order valence-electron chi connectivity index (χ0n) is 20.9. The Balaban J connectivity index is 1.38. The summed E-state index contributed by atoms with van der Waals surface area (Å²) in [6, 6.07) is 16.3. The fraction of sp³-hybridized carbons (Fsp3) is 0.552. The van der Waals surface area contributed by atoms with Gasteiger partial charge >= 0.3 is 6.09 Å². The summed E-state index contributed by atoms with van der Waals surface area (Å²) in [5.41, 5.74) is -0.500. The van der Waals surface area contributed by atoms with Crippen LogP contribution >= 0.6 is 0 Å². The van der Waals surface area contributed by atoms with Gasteiger partial charge in [-0.15, -0.1) is 0 Å². The number of benzene rings is 2. The highest BCUT2D eigenvalue weighted by atomic mass is 16.6. The predicted octanol–water partition coefficient (Wildman–Crippen LogP) is 5.36. The summed E-state index contributed by atoms with van der Waals surface area (Å²) >= 11 is 0. The SMILES string of the molecule is N#CC1CCCC(N(C(=O)C2(OC(=O)Nc3ccc4ccccc4c3)CCCCC2)C2CCNC2)C1. The zero-order valence-corrected chi connectivity index (χ0v) is 20.9. The monoisotopic (exact) mass is 488 g/mol. The topological polar surface area (TPSA) is 94.5 Å². The second kappa shape index (κ2) is 10.9. The van der Waals surface area contributed by atoms with Crippen molar-refractivity contribution in [2.45, 2.75) is 81.9 Å². The van der Waals surface area contributed by atoms with Crippen molar-refractivity contribution in [3.63, 3.8) is 0 Å². The number of hydrogen-bond donors (Lipinski definition) is 2. The molecule has 2 saturated carbocycles. The van der Waals surface area contributed by atoms with E-state index >= 15 is 0 Å². The van der Waals surface area contributed by atoms with Crippen LogP contribution in [0.4, 0.5) is 10.5 Å². The van der Waals surface area contributed by atoms with Crippen molar-refractivity contribution in [3.8, 4) is 6.07 Å². The number of carbonyl (C=O) groups excluding carboxylic acids is 2. The number of amides is 2. The minimum atomic E-state index is -1.15. The second-order valence-corrected chi connectivity index (χ2v) is 10.6. The smallest absolute Gasteiger partial charge is 0.412 e. The summed E-state index contributed by atoms with van der Waals surface area (Å²) < 4.78 is 6.11. The molecule has 0 radical (unpaired) electrons.